The lowest BCUT2D eigenvalue weighted by Gasteiger charge is -2.36. The molecule has 0 radical (unpaired) electrons. The minimum absolute atomic E-state index is 0.0161. The summed E-state index contributed by atoms with van der Waals surface area (Å²) in [5, 5.41) is 3.49. The average molecular weight is 328 g/mol. The Hall–Kier alpha value is -1.17. The summed E-state index contributed by atoms with van der Waals surface area (Å²) in [5.41, 5.74) is 0.535. The molecule has 0 aliphatic carbocycles. The van der Waals surface area contributed by atoms with Crippen molar-refractivity contribution in [2.45, 2.75) is 13.5 Å². The van der Waals surface area contributed by atoms with E-state index in [1.807, 2.05) is 18.9 Å². The molecule has 6 heteroatoms. The Morgan fingerprint density at radius 3 is 2.64 bits per heavy atom. The van der Waals surface area contributed by atoms with Gasteiger partial charge < -0.3 is 10.2 Å². The summed E-state index contributed by atoms with van der Waals surface area (Å²) in [5.74, 6) is -0.107. The zero-order chi connectivity index (χ0) is 16.1. The molecule has 1 aromatic carbocycles. The number of rotatable bonds is 5. The fourth-order valence-electron chi connectivity index (χ4n) is 2.74. The number of nitrogens with one attached hydrogen (secondary N) is 1. The maximum atomic E-state index is 13.8. The van der Waals surface area contributed by atoms with Crippen LogP contribution in [0.5, 0.6) is 0 Å². The molecule has 1 aliphatic heterocycles. The number of piperazine rings is 1. The van der Waals surface area contributed by atoms with Gasteiger partial charge in [0.05, 0.1) is 0 Å². The highest BCUT2D eigenvalue weighted by Gasteiger charge is 2.25. The van der Waals surface area contributed by atoms with Gasteiger partial charge in [0, 0.05) is 55.8 Å². The van der Waals surface area contributed by atoms with Gasteiger partial charge in [0.2, 0.25) is 5.91 Å². The minimum atomic E-state index is -0.270. The van der Waals surface area contributed by atoms with E-state index in [9.17, 15) is 9.18 Å². The number of hydrogen-bond acceptors (Lipinski definition) is 3. The van der Waals surface area contributed by atoms with Gasteiger partial charge in [-0.05, 0) is 19.2 Å². The van der Waals surface area contributed by atoms with E-state index >= 15 is 0 Å². The van der Waals surface area contributed by atoms with Gasteiger partial charge in [-0.15, -0.1) is 0 Å². The Morgan fingerprint density at radius 2 is 2.05 bits per heavy atom. The van der Waals surface area contributed by atoms with Gasteiger partial charge in [-0.2, -0.15) is 0 Å². The molecule has 22 heavy (non-hydrogen) atoms. The fraction of sp³-hybridized carbons (Fsp3) is 0.562. The van der Waals surface area contributed by atoms with Gasteiger partial charge in [0.25, 0.3) is 0 Å². The summed E-state index contributed by atoms with van der Waals surface area (Å²) < 4.78 is 13.8. The fourth-order valence-corrected chi connectivity index (χ4v) is 2.96. The van der Waals surface area contributed by atoms with E-state index in [0.717, 1.165) is 13.1 Å². The second-order valence-corrected chi connectivity index (χ2v) is 6.17. The molecule has 0 aromatic heterocycles. The molecule has 1 fully saturated rings. The van der Waals surface area contributed by atoms with Gasteiger partial charge in [-0.25, -0.2) is 4.39 Å². The molecule has 1 amide bonds. The zero-order valence-electron chi connectivity index (χ0n) is 13.1. The Bertz CT molecular complexity index is 498. The first-order chi connectivity index (χ1) is 10.5. The van der Waals surface area contributed by atoms with Crippen molar-refractivity contribution < 1.29 is 9.18 Å². The molecule has 1 unspecified atom stereocenters. The highest BCUT2D eigenvalue weighted by atomic mass is 35.5. The summed E-state index contributed by atoms with van der Waals surface area (Å²) in [4.78, 5) is 16.3. The van der Waals surface area contributed by atoms with Crippen molar-refractivity contribution in [2.24, 2.45) is 5.92 Å². The lowest BCUT2D eigenvalue weighted by Crippen LogP contribution is -2.50. The number of carbonyl (C=O) groups excluding carboxylic acids is 1. The van der Waals surface area contributed by atoms with E-state index in [-0.39, 0.29) is 17.6 Å². The van der Waals surface area contributed by atoms with E-state index in [4.69, 9.17) is 11.6 Å². The average Bonchev–Trinajstić information content (AvgIpc) is 2.51. The largest absolute Gasteiger partial charge is 0.340 e. The first kappa shape index (κ1) is 17.2. The van der Waals surface area contributed by atoms with Crippen molar-refractivity contribution in [3.05, 3.63) is 34.6 Å². The van der Waals surface area contributed by atoms with Crippen LogP contribution < -0.4 is 5.32 Å². The van der Waals surface area contributed by atoms with Crippen molar-refractivity contribution in [3.63, 3.8) is 0 Å². The first-order valence-electron chi connectivity index (χ1n) is 7.61. The number of carbonyl (C=O) groups is 1. The maximum Gasteiger partial charge on any atom is 0.226 e. The summed E-state index contributed by atoms with van der Waals surface area (Å²) in [6, 6.07) is 4.75. The summed E-state index contributed by atoms with van der Waals surface area (Å²) >= 11 is 6.07. The van der Waals surface area contributed by atoms with Crippen LogP contribution in [-0.4, -0.2) is 55.5 Å². The number of benzene rings is 1. The SMILES string of the molecule is CNCC(C)C(=O)N1CCN(Cc2c(F)cccc2Cl)CC1. The summed E-state index contributed by atoms with van der Waals surface area (Å²) in [7, 11) is 1.85. The van der Waals surface area contributed by atoms with Crippen LogP contribution in [-0.2, 0) is 11.3 Å². The lowest BCUT2D eigenvalue weighted by atomic mass is 10.1. The molecule has 1 heterocycles. The molecule has 1 N–H and O–H groups in total. The molecule has 122 valence electrons. The van der Waals surface area contributed by atoms with Crippen LogP contribution in [0.1, 0.15) is 12.5 Å². The summed E-state index contributed by atoms with van der Waals surface area (Å²) in [6.45, 7) is 5.94. The van der Waals surface area contributed by atoms with Crippen LogP contribution in [0.25, 0.3) is 0 Å². The Labute approximate surface area is 136 Å². The predicted molar refractivity (Wildman–Crippen MR) is 86.4 cm³/mol. The van der Waals surface area contributed by atoms with E-state index < -0.39 is 0 Å². The van der Waals surface area contributed by atoms with Gasteiger partial charge in [0.1, 0.15) is 5.82 Å². The molecule has 1 saturated heterocycles. The predicted octanol–water partition coefficient (Wildman–Crippen LogP) is 1.98. The molecule has 0 saturated carbocycles. The van der Waals surface area contributed by atoms with E-state index in [1.54, 1.807) is 12.1 Å². The third-order valence-electron chi connectivity index (χ3n) is 4.06. The van der Waals surface area contributed by atoms with Crippen LogP contribution >= 0.6 is 11.6 Å². The molecular weight excluding hydrogens is 305 g/mol. The topological polar surface area (TPSA) is 35.6 Å². The number of nitrogens with zero attached hydrogens (tertiary/aromatic N) is 2. The number of halogens is 2. The van der Waals surface area contributed by atoms with E-state index in [2.05, 4.69) is 10.2 Å². The third kappa shape index (κ3) is 4.18. The van der Waals surface area contributed by atoms with Crippen LogP contribution in [0.4, 0.5) is 4.39 Å². The Kier molecular flexibility index (Phi) is 6.17. The van der Waals surface area contributed by atoms with Crippen molar-refractivity contribution in [1.82, 2.24) is 15.1 Å². The second kappa shape index (κ2) is 7.90. The Morgan fingerprint density at radius 1 is 1.36 bits per heavy atom. The first-order valence-corrected chi connectivity index (χ1v) is 7.99. The number of amides is 1. The molecule has 1 aromatic rings. The molecule has 1 atom stereocenters. The third-order valence-corrected chi connectivity index (χ3v) is 4.41. The highest BCUT2D eigenvalue weighted by Crippen LogP contribution is 2.21. The normalized spacial score (nSPS) is 17.5. The molecule has 4 nitrogen and oxygen atoms in total. The van der Waals surface area contributed by atoms with Crippen molar-refractivity contribution in [1.29, 1.82) is 0 Å². The van der Waals surface area contributed by atoms with E-state index in [0.29, 0.717) is 36.8 Å². The summed E-state index contributed by atoms with van der Waals surface area (Å²) in [6.07, 6.45) is 0. The lowest BCUT2D eigenvalue weighted by molar-refractivity contribution is -0.136. The second-order valence-electron chi connectivity index (χ2n) is 5.76. The monoisotopic (exact) mass is 327 g/mol. The van der Waals surface area contributed by atoms with E-state index in [1.165, 1.54) is 6.07 Å². The minimum Gasteiger partial charge on any atom is -0.340 e. The quantitative estimate of drug-likeness (QED) is 0.898. The molecule has 1 aliphatic rings. The van der Waals surface area contributed by atoms with Gasteiger partial charge in [-0.3, -0.25) is 9.69 Å². The highest BCUT2D eigenvalue weighted by molar-refractivity contribution is 6.31. The number of hydrogen-bond donors (Lipinski definition) is 1. The van der Waals surface area contributed by atoms with Crippen molar-refractivity contribution >= 4 is 17.5 Å². The van der Waals surface area contributed by atoms with Crippen LogP contribution in [0.3, 0.4) is 0 Å². The van der Waals surface area contributed by atoms with Crippen LogP contribution in [0, 0.1) is 11.7 Å². The van der Waals surface area contributed by atoms with Crippen LogP contribution in [0.2, 0.25) is 5.02 Å². The van der Waals surface area contributed by atoms with Gasteiger partial charge in [-0.1, -0.05) is 24.6 Å². The zero-order valence-corrected chi connectivity index (χ0v) is 13.9. The van der Waals surface area contributed by atoms with Crippen molar-refractivity contribution in [3.8, 4) is 0 Å². The molecular formula is C16H23ClFN3O. The molecule has 0 bridgehead atoms. The Balaban J connectivity index is 1.89. The molecule has 0 spiro atoms. The van der Waals surface area contributed by atoms with Crippen LogP contribution in [0.15, 0.2) is 18.2 Å². The smallest absolute Gasteiger partial charge is 0.226 e. The van der Waals surface area contributed by atoms with Gasteiger partial charge >= 0.3 is 0 Å². The van der Waals surface area contributed by atoms with Crippen molar-refractivity contribution in [2.75, 3.05) is 39.8 Å². The molecule has 2 rings (SSSR count). The standard InChI is InChI=1S/C16H23ClFN3O/c1-12(10-19-2)16(22)21-8-6-20(7-9-21)11-13-14(17)4-3-5-15(13)18/h3-5,12,19H,6-11H2,1-2H3. The maximum absolute atomic E-state index is 13.8. The van der Waals surface area contributed by atoms with Gasteiger partial charge in [0.15, 0.2) is 0 Å².